The van der Waals surface area contributed by atoms with Gasteiger partial charge in [0.25, 0.3) is 0 Å². The van der Waals surface area contributed by atoms with Gasteiger partial charge < -0.3 is 10.2 Å². The number of benzene rings is 2. The first-order valence-corrected chi connectivity index (χ1v) is 11.4. The van der Waals surface area contributed by atoms with Gasteiger partial charge in [-0.05, 0) is 44.4 Å². The Kier molecular flexibility index (Phi) is 9.37. The van der Waals surface area contributed by atoms with Gasteiger partial charge in [0.05, 0.1) is 5.75 Å². The van der Waals surface area contributed by atoms with Gasteiger partial charge in [-0.2, -0.15) is 0 Å². The van der Waals surface area contributed by atoms with Crippen molar-refractivity contribution in [1.82, 2.24) is 10.2 Å². The molecule has 162 valence electrons. The molecule has 0 spiro atoms. The van der Waals surface area contributed by atoms with Crippen LogP contribution in [0.4, 0.5) is 4.39 Å². The lowest BCUT2D eigenvalue weighted by atomic mass is 10.1. The summed E-state index contributed by atoms with van der Waals surface area (Å²) in [5, 5.41) is 2.92. The highest BCUT2D eigenvalue weighted by molar-refractivity contribution is 7.99. The van der Waals surface area contributed by atoms with Crippen LogP contribution in [0.25, 0.3) is 0 Å². The van der Waals surface area contributed by atoms with Gasteiger partial charge in [0.2, 0.25) is 11.8 Å². The van der Waals surface area contributed by atoms with Crippen molar-refractivity contribution < 1.29 is 14.0 Å². The number of nitrogens with zero attached hydrogens (tertiary/aromatic N) is 1. The fraction of sp³-hybridized carbons (Fsp3) is 0.417. The molecule has 6 heteroatoms. The minimum atomic E-state index is -0.690. The summed E-state index contributed by atoms with van der Waals surface area (Å²) in [6.07, 6.45) is 0.798. The highest BCUT2D eigenvalue weighted by Gasteiger charge is 2.27. The number of rotatable bonds is 10. The second kappa shape index (κ2) is 11.7. The van der Waals surface area contributed by atoms with Crippen LogP contribution < -0.4 is 5.32 Å². The third kappa shape index (κ3) is 6.87. The van der Waals surface area contributed by atoms with E-state index in [2.05, 4.69) is 5.32 Å². The van der Waals surface area contributed by atoms with E-state index in [9.17, 15) is 14.0 Å². The Morgan fingerprint density at radius 3 is 2.33 bits per heavy atom. The largest absolute Gasteiger partial charge is 0.352 e. The number of halogens is 1. The molecule has 0 heterocycles. The van der Waals surface area contributed by atoms with E-state index in [0.29, 0.717) is 11.3 Å². The Labute approximate surface area is 183 Å². The van der Waals surface area contributed by atoms with Gasteiger partial charge in [0.1, 0.15) is 11.9 Å². The average molecular weight is 431 g/mol. The number of carbonyl (C=O) groups is 2. The van der Waals surface area contributed by atoms with E-state index in [1.54, 1.807) is 25.1 Å². The monoisotopic (exact) mass is 430 g/mol. The lowest BCUT2D eigenvalue weighted by Gasteiger charge is -2.29. The molecule has 2 aromatic carbocycles. The first-order valence-electron chi connectivity index (χ1n) is 10.3. The van der Waals surface area contributed by atoms with Crippen LogP contribution in [-0.2, 0) is 21.9 Å². The van der Waals surface area contributed by atoms with Crippen LogP contribution in [0.15, 0.2) is 48.5 Å². The minimum absolute atomic E-state index is 0.0146. The van der Waals surface area contributed by atoms with Crippen molar-refractivity contribution in [3.63, 3.8) is 0 Å². The van der Waals surface area contributed by atoms with E-state index in [0.717, 1.165) is 6.42 Å². The summed E-state index contributed by atoms with van der Waals surface area (Å²) < 4.78 is 14.2. The topological polar surface area (TPSA) is 49.4 Å². The molecule has 2 atom stereocenters. The van der Waals surface area contributed by atoms with Gasteiger partial charge in [-0.25, -0.2) is 4.39 Å². The first kappa shape index (κ1) is 23.9. The molecule has 0 aliphatic rings. The molecular weight excluding hydrogens is 399 g/mol. The molecule has 0 saturated carbocycles. The number of carbonyl (C=O) groups excluding carboxylic acids is 2. The normalized spacial score (nSPS) is 12.8. The van der Waals surface area contributed by atoms with E-state index >= 15 is 0 Å². The molecule has 1 N–H and O–H groups in total. The van der Waals surface area contributed by atoms with Crippen LogP contribution in [0.1, 0.15) is 43.9 Å². The number of amides is 2. The molecule has 0 unspecified atom stereocenters. The standard InChI is InChI=1S/C24H31FN2O2S/c1-5-18(3)26-24(29)19(4)27(14-20-11-8-9-13-22(20)25)23(28)16-30-15-21-12-7-6-10-17(21)2/h6-13,18-19H,5,14-16H2,1-4H3,(H,26,29)/t18-,19+/m1/s1. The van der Waals surface area contributed by atoms with Gasteiger partial charge in [-0.3, -0.25) is 9.59 Å². The number of thioether (sulfide) groups is 1. The first-order chi connectivity index (χ1) is 14.3. The second-order valence-electron chi connectivity index (χ2n) is 7.53. The Morgan fingerprint density at radius 1 is 1.07 bits per heavy atom. The van der Waals surface area contributed by atoms with Crippen LogP contribution in [0.5, 0.6) is 0 Å². The van der Waals surface area contributed by atoms with Crippen LogP contribution in [0.2, 0.25) is 0 Å². The van der Waals surface area contributed by atoms with Crippen molar-refractivity contribution in [2.45, 2.75) is 58.5 Å². The molecule has 0 radical (unpaired) electrons. The van der Waals surface area contributed by atoms with Gasteiger partial charge in [-0.15, -0.1) is 11.8 Å². The minimum Gasteiger partial charge on any atom is -0.352 e. The predicted octanol–water partition coefficient (Wildman–Crippen LogP) is 4.70. The molecule has 0 fully saturated rings. The molecule has 0 saturated heterocycles. The molecule has 2 rings (SSSR count). The van der Waals surface area contributed by atoms with Crippen LogP contribution in [0.3, 0.4) is 0 Å². The van der Waals surface area contributed by atoms with Crippen molar-refractivity contribution >= 4 is 23.6 Å². The van der Waals surface area contributed by atoms with E-state index in [1.165, 1.54) is 33.9 Å². The maximum Gasteiger partial charge on any atom is 0.242 e. The Bertz CT molecular complexity index is 859. The number of hydrogen-bond acceptors (Lipinski definition) is 3. The highest BCUT2D eigenvalue weighted by Crippen LogP contribution is 2.19. The lowest BCUT2D eigenvalue weighted by molar-refractivity contribution is -0.139. The Balaban J connectivity index is 2.10. The molecule has 0 aromatic heterocycles. The van der Waals surface area contributed by atoms with E-state index in [-0.39, 0.29) is 36.0 Å². The summed E-state index contributed by atoms with van der Waals surface area (Å²) >= 11 is 1.50. The smallest absolute Gasteiger partial charge is 0.242 e. The number of nitrogens with one attached hydrogen (secondary N) is 1. The van der Waals surface area contributed by atoms with Gasteiger partial charge >= 0.3 is 0 Å². The van der Waals surface area contributed by atoms with Gasteiger partial charge in [0, 0.05) is 23.9 Å². The molecule has 30 heavy (non-hydrogen) atoms. The number of aryl methyl sites for hydroxylation is 1. The molecular formula is C24H31FN2O2S. The van der Waals surface area contributed by atoms with E-state index < -0.39 is 6.04 Å². The van der Waals surface area contributed by atoms with E-state index in [1.807, 2.05) is 45.0 Å². The molecule has 2 aromatic rings. The highest BCUT2D eigenvalue weighted by atomic mass is 32.2. The summed E-state index contributed by atoms with van der Waals surface area (Å²) in [5.41, 5.74) is 2.76. The Morgan fingerprint density at radius 2 is 1.70 bits per heavy atom. The fourth-order valence-corrected chi connectivity index (χ4v) is 3.95. The van der Waals surface area contributed by atoms with Crippen LogP contribution >= 0.6 is 11.8 Å². The fourth-order valence-electron chi connectivity index (χ4n) is 2.96. The summed E-state index contributed by atoms with van der Waals surface area (Å²) in [5.74, 6) is 0.155. The molecule has 2 amide bonds. The molecule has 0 aliphatic heterocycles. The van der Waals surface area contributed by atoms with E-state index in [4.69, 9.17) is 0 Å². The van der Waals surface area contributed by atoms with Crippen molar-refractivity contribution in [1.29, 1.82) is 0 Å². The van der Waals surface area contributed by atoms with Crippen molar-refractivity contribution in [3.05, 3.63) is 71.0 Å². The van der Waals surface area contributed by atoms with Crippen molar-refractivity contribution in [3.8, 4) is 0 Å². The Hall–Kier alpha value is -2.34. The summed E-state index contributed by atoms with van der Waals surface area (Å²) in [6, 6.07) is 13.8. The zero-order valence-corrected chi connectivity index (χ0v) is 19.0. The zero-order valence-electron chi connectivity index (χ0n) is 18.2. The molecule has 0 aliphatic carbocycles. The summed E-state index contributed by atoms with van der Waals surface area (Å²) in [6.45, 7) is 7.71. The maximum absolute atomic E-state index is 14.2. The maximum atomic E-state index is 14.2. The summed E-state index contributed by atoms with van der Waals surface area (Å²) in [4.78, 5) is 27.2. The second-order valence-corrected chi connectivity index (χ2v) is 8.51. The molecule has 4 nitrogen and oxygen atoms in total. The van der Waals surface area contributed by atoms with Crippen molar-refractivity contribution in [2.24, 2.45) is 0 Å². The quantitative estimate of drug-likeness (QED) is 0.594. The third-order valence-corrected chi connectivity index (χ3v) is 6.18. The third-order valence-electron chi connectivity index (χ3n) is 5.21. The predicted molar refractivity (Wildman–Crippen MR) is 122 cm³/mol. The van der Waals surface area contributed by atoms with Gasteiger partial charge in [0.15, 0.2) is 0 Å². The average Bonchev–Trinajstić information content (AvgIpc) is 2.73. The SMILES string of the molecule is CC[C@@H](C)NC(=O)[C@H](C)N(Cc1ccccc1F)C(=O)CSCc1ccccc1C. The molecule has 0 bridgehead atoms. The van der Waals surface area contributed by atoms with Crippen LogP contribution in [-0.4, -0.2) is 34.6 Å². The summed E-state index contributed by atoms with van der Waals surface area (Å²) in [7, 11) is 0. The van der Waals surface area contributed by atoms with Crippen LogP contribution in [0, 0.1) is 12.7 Å². The lowest BCUT2D eigenvalue weighted by Crippen LogP contribution is -2.50. The van der Waals surface area contributed by atoms with Gasteiger partial charge in [-0.1, -0.05) is 49.4 Å². The van der Waals surface area contributed by atoms with Crippen molar-refractivity contribution in [2.75, 3.05) is 5.75 Å². The zero-order chi connectivity index (χ0) is 22.1. The number of hydrogen-bond donors (Lipinski definition) is 1.